The Morgan fingerprint density at radius 1 is 1.29 bits per heavy atom. The molecule has 0 saturated carbocycles. The molecule has 0 unspecified atom stereocenters. The maximum absolute atomic E-state index is 9.78. The van der Waals surface area contributed by atoms with Crippen LogP contribution in [0.25, 0.3) is 10.9 Å². The summed E-state index contributed by atoms with van der Waals surface area (Å²) in [5, 5.41) is 10.9. The van der Waals surface area contributed by atoms with Crippen LogP contribution >= 0.6 is 0 Å². The predicted molar refractivity (Wildman–Crippen MR) is 69.3 cm³/mol. The summed E-state index contributed by atoms with van der Waals surface area (Å²) in [6, 6.07) is 10.3. The molecule has 0 aliphatic carbocycles. The number of hydrogen-bond acceptors (Lipinski definition) is 3. The Morgan fingerprint density at radius 3 is 2.71 bits per heavy atom. The number of nitrogens with zero attached hydrogens (tertiary/aromatic N) is 2. The number of pyridine rings is 1. The standard InChI is InChI=1S/C14H16N2O/c1-10-7-11-5-3-4-6-12(11)15-13(10)16-8-14(2,17)9-16/h3-7,17H,8-9H2,1-2H3. The van der Waals surface area contributed by atoms with Gasteiger partial charge in [0, 0.05) is 18.5 Å². The van der Waals surface area contributed by atoms with E-state index < -0.39 is 5.60 Å². The zero-order chi connectivity index (χ0) is 12.0. The van der Waals surface area contributed by atoms with Gasteiger partial charge in [-0.05, 0) is 31.5 Å². The third-order valence-corrected chi connectivity index (χ3v) is 3.25. The lowest BCUT2D eigenvalue weighted by Crippen LogP contribution is -2.60. The molecule has 3 heteroatoms. The number of benzene rings is 1. The van der Waals surface area contributed by atoms with E-state index in [1.807, 2.05) is 25.1 Å². The Morgan fingerprint density at radius 2 is 2.00 bits per heavy atom. The van der Waals surface area contributed by atoms with Gasteiger partial charge in [-0.3, -0.25) is 0 Å². The Balaban J connectivity index is 2.03. The van der Waals surface area contributed by atoms with Gasteiger partial charge in [-0.1, -0.05) is 18.2 Å². The predicted octanol–water partition coefficient (Wildman–Crippen LogP) is 2.11. The molecule has 1 aromatic carbocycles. The molecule has 88 valence electrons. The molecule has 3 nitrogen and oxygen atoms in total. The molecule has 1 N–H and O–H groups in total. The quantitative estimate of drug-likeness (QED) is 0.812. The van der Waals surface area contributed by atoms with Gasteiger partial charge in [-0.15, -0.1) is 0 Å². The van der Waals surface area contributed by atoms with Crippen molar-refractivity contribution in [1.29, 1.82) is 0 Å². The summed E-state index contributed by atoms with van der Waals surface area (Å²) < 4.78 is 0. The lowest BCUT2D eigenvalue weighted by atomic mass is 9.96. The lowest BCUT2D eigenvalue weighted by molar-refractivity contribution is 0.0305. The van der Waals surface area contributed by atoms with Crippen molar-refractivity contribution in [3.8, 4) is 0 Å². The minimum atomic E-state index is -0.556. The molecule has 1 aliphatic heterocycles. The lowest BCUT2D eigenvalue weighted by Gasteiger charge is -2.45. The van der Waals surface area contributed by atoms with E-state index in [1.54, 1.807) is 0 Å². The van der Waals surface area contributed by atoms with Crippen molar-refractivity contribution in [2.45, 2.75) is 19.4 Å². The Labute approximate surface area is 101 Å². The van der Waals surface area contributed by atoms with Crippen LogP contribution < -0.4 is 4.90 Å². The number of aromatic nitrogens is 1. The minimum absolute atomic E-state index is 0.556. The second kappa shape index (κ2) is 3.44. The van der Waals surface area contributed by atoms with Crippen LogP contribution in [-0.2, 0) is 0 Å². The second-order valence-electron chi connectivity index (χ2n) is 5.17. The van der Waals surface area contributed by atoms with Gasteiger partial charge in [0.15, 0.2) is 0 Å². The molecule has 0 radical (unpaired) electrons. The van der Waals surface area contributed by atoms with Crippen LogP contribution in [0.5, 0.6) is 0 Å². The molecule has 1 fully saturated rings. The van der Waals surface area contributed by atoms with E-state index in [2.05, 4.69) is 28.9 Å². The van der Waals surface area contributed by atoms with E-state index in [9.17, 15) is 5.11 Å². The summed E-state index contributed by atoms with van der Waals surface area (Å²) in [6.07, 6.45) is 0. The average Bonchev–Trinajstić information content (AvgIpc) is 2.25. The SMILES string of the molecule is Cc1cc2ccccc2nc1N1CC(C)(O)C1. The third-order valence-electron chi connectivity index (χ3n) is 3.25. The van der Waals surface area contributed by atoms with Crippen LogP contribution in [0.2, 0.25) is 0 Å². The number of rotatable bonds is 1. The molecule has 3 rings (SSSR count). The number of aryl methyl sites for hydroxylation is 1. The Hall–Kier alpha value is -1.61. The first-order valence-corrected chi connectivity index (χ1v) is 5.89. The molecule has 2 aromatic rings. The first-order valence-electron chi connectivity index (χ1n) is 5.89. The van der Waals surface area contributed by atoms with Gasteiger partial charge in [0.1, 0.15) is 5.82 Å². The van der Waals surface area contributed by atoms with Crippen LogP contribution in [0.15, 0.2) is 30.3 Å². The minimum Gasteiger partial charge on any atom is -0.386 e. The van der Waals surface area contributed by atoms with E-state index in [-0.39, 0.29) is 0 Å². The van der Waals surface area contributed by atoms with Crippen LogP contribution in [0.3, 0.4) is 0 Å². The number of para-hydroxylation sites is 1. The highest BCUT2D eigenvalue weighted by Gasteiger charge is 2.37. The van der Waals surface area contributed by atoms with Gasteiger partial charge in [0.2, 0.25) is 0 Å². The molecule has 0 atom stereocenters. The Kier molecular flexibility index (Phi) is 2.13. The first kappa shape index (κ1) is 10.5. The maximum Gasteiger partial charge on any atom is 0.132 e. The average molecular weight is 228 g/mol. The van der Waals surface area contributed by atoms with Crippen molar-refractivity contribution in [2.24, 2.45) is 0 Å². The van der Waals surface area contributed by atoms with Crippen molar-refractivity contribution in [3.63, 3.8) is 0 Å². The van der Waals surface area contributed by atoms with E-state index in [0.717, 1.165) is 11.3 Å². The van der Waals surface area contributed by atoms with Gasteiger partial charge >= 0.3 is 0 Å². The normalized spacial score (nSPS) is 18.2. The summed E-state index contributed by atoms with van der Waals surface area (Å²) in [5.41, 5.74) is 1.62. The van der Waals surface area contributed by atoms with Gasteiger partial charge in [-0.2, -0.15) is 0 Å². The van der Waals surface area contributed by atoms with Gasteiger partial charge in [0.25, 0.3) is 0 Å². The second-order valence-corrected chi connectivity index (χ2v) is 5.17. The van der Waals surface area contributed by atoms with E-state index in [1.165, 1.54) is 10.9 Å². The molecule has 1 aromatic heterocycles. The summed E-state index contributed by atoms with van der Waals surface area (Å²) in [4.78, 5) is 6.80. The summed E-state index contributed by atoms with van der Waals surface area (Å²) >= 11 is 0. The molecule has 1 aliphatic rings. The fourth-order valence-corrected chi connectivity index (χ4v) is 2.46. The van der Waals surface area contributed by atoms with E-state index in [4.69, 9.17) is 0 Å². The molecular formula is C14H16N2O. The molecule has 1 saturated heterocycles. The highest BCUT2D eigenvalue weighted by atomic mass is 16.3. The number of β-amino-alcohol motifs (C(OH)–C–C–N with tert-alkyl or cyclic N) is 1. The van der Waals surface area contributed by atoms with Crippen molar-refractivity contribution in [1.82, 2.24) is 4.98 Å². The zero-order valence-corrected chi connectivity index (χ0v) is 10.1. The molecular weight excluding hydrogens is 212 g/mol. The van der Waals surface area contributed by atoms with E-state index in [0.29, 0.717) is 13.1 Å². The fourth-order valence-electron chi connectivity index (χ4n) is 2.46. The number of fused-ring (bicyclic) bond motifs is 1. The molecule has 2 heterocycles. The molecule has 0 bridgehead atoms. The number of aliphatic hydroxyl groups is 1. The maximum atomic E-state index is 9.78. The smallest absolute Gasteiger partial charge is 0.132 e. The molecule has 17 heavy (non-hydrogen) atoms. The topological polar surface area (TPSA) is 36.4 Å². The number of anilines is 1. The van der Waals surface area contributed by atoms with Crippen molar-refractivity contribution in [3.05, 3.63) is 35.9 Å². The monoisotopic (exact) mass is 228 g/mol. The fraction of sp³-hybridized carbons (Fsp3) is 0.357. The largest absolute Gasteiger partial charge is 0.386 e. The van der Waals surface area contributed by atoms with Crippen molar-refractivity contribution >= 4 is 16.7 Å². The van der Waals surface area contributed by atoms with Crippen LogP contribution in [-0.4, -0.2) is 28.8 Å². The highest BCUT2D eigenvalue weighted by Crippen LogP contribution is 2.30. The van der Waals surface area contributed by atoms with Crippen LogP contribution in [0.4, 0.5) is 5.82 Å². The van der Waals surface area contributed by atoms with Gasteiger partial charge in [0.05, 0.1) is 11.1 Å². The van der Waals surface area contributed by atoms with E-state index >= 15 is 0 Å². The van der Waals surface area contributed by atoms with Crippen molar-refractivity contribution in [2.75, 3.05) is 18.0 Å². The van der Waals surface area contributed by atoms with Crippen LogP contribution in [0.1, 0.15) is 12.5 Å². The summed E-state index contributed by atoms with van der Waals surface area (Å²) in [5.74, 6) is 0.996. The van der Waals surface area contributed by atoms with Gasteiger partial charge < -0.3 is 10.0 Å². The first-order chi connectivity index (χ1) is 8.05. The zero-order valence-electron chi connectivity index (χ0n) is 10.1. The third kappa shape index (κ3) is 1.76. The summed E-state index contributed by atoms with van der Waals surface area (Å²) in [7, 11) is 0. The highest BCUT2D eigenvalue weighted by molar-refractivity contribution is 5.81. The van der Waals surface area contributed by atoms with Gasteiger partial charge in [-0.25, -0.2) is 4.98 Å². The Bertz CT molecular complexity index is 569. The molecule has 0 spiro atoms. The van der Waals surface area contributed by atoms with Crippen molar-refractivity contribution < 1.29 is 5.11 Å². The summed E-state index contributed by atoms with van der Waals surface area (Å²) in [6.45, 7) is 5.26. The van der Waals surface area contributed by atoms with Crippen LogP contribution in [0, 0.1) is 6.92 Å². The molecule has 0 amide bonds. The number of hydrogen-bond donors (Lipinski definition) is 1.